The number of aliphatic hydroxyl groups excluding tert-OH is 1. The number of aliphatic hydroxyl groups is 1. The molecule has 0 saturated heterocycles. The van der Waals surface area contributed by atoms with Crippen molar-refractivity contribution in [1.29, 1.82) is 0 Å². The van der Waals surface area contributed by atoms with Crippen LogP contribution in [0.4, 0.5) is 0 Å². The minimum atomic E-state index is -0.489. The van der Waals surface area contributed by atoms with Gasteiger partial charge in [0.15, 0.2) is 0 Å². The van der Waals surface area contributed by atoms with Crippen LogP contribution in [0.25, 0.3) is 0 Å². The molecule has 0 aromatic heterocycles. The number of methoxy groups -OCH3 is 2. The molecular formula is C12H25NO4. The van der Waals surface area contributed by atoms with E-state index in [0.29, 0.717) is 19.6 Å². The Balaban J connectivity index is 3.86. The maximum Gasteiger partial charge on any atom is 0.322 e. The molecule has 5 nitrogen and oxygen atoms in total. The van der Waals surface area contributed by atoms with Crippen molar-refractivity contribution in [2.45, 2.75) is 44.8 Å². The first kappa shape index (κ1) is 16.4. The van der Waals surface area contributed by atoms with E-state index in [0.717, 1.165) is 19.3 Å². The summed E-state index contributed by atoms with van der Waals surface area (Å²) < 4.78 is 9.55. The summed E-state index contributed by atoms with van der Waals surface area (Å²) in [6.45, 7) is 2.98. The van der Waals surface area contributed by atoms with E-state index in [-0.39, 0.29) is 12.0 Å². The summed E-state index contributed by atoms with van der Waals surface area (Å²) in [5.74, 6) is -0.236. The number of carbonyl (C=O) groups excluding carboxylic acids is 1. The zero-order chi connectivity index (χ0) is 13.1. The maximum atomic E-state index is 11.4. The number of rotatable bonds is 10. The predicted molar refractivity (Wildman–Crippen MR) is 65.8 cm³/mol. The highest BCUT2D eigenvalue weighted by atomic mass is 16.5. The van der Waals surface area contributed by atoms with E-state index < -0.39 is 6.10 Å². The van der Waals surface area contributed by atoms with Crippen molar-refractivity contribution >= 4 is 5.97 Å². The van der Waals surface area contributed by atoms with Crippen LogP contribution in [0.15, 0.2) is 0 Å². The molecule has 2 atom stereocenters. The molecule has 0 radical (unpaired) electrons. The van der Waals surface area contributed by atoms with E-state index in [9.17, 15) is 9.90 Å². The normalized spacial score (nSPS) is 14.4. The van der Waals surface area contributed by atoms with Gasteiger partial charge in [0, 0.05) is 7.11 Å². The standard InChI is InChI=1S/C12H25NO4/c1-4-5-6-11(12(15)17-3)13-8-7-10(14)9-16-2/h10-11,13-14H,4-9H2,1-3H3. The Bertz CT molecular complexity index is 199. The lowest BCUT2D eigenvalue weighted by Gasteiger charge is -2.17. The minimum Gasteiger partial charge on any atom is -0.468 e. The third-order valence-electron chi connectivity index (χ3n) is 2.56. The van der Waals surface area contributed by atoms with Gasteiger partial charge in [0.1, 0.15) is 6.04 Å². The summed E-state index contributed by atoms with van der Waals surface area (Å²) in [6.07, 6.45) is 2.86. The lowest BCUT2D eigenvalue weighted by Crippen LogP contribution is -2.39. The molecule has 0 aliphatic rings. The Kier molecular flexibility index (Phi) is 10.1. The predicted octanol–water partition coefficient (Wildman–Crippen LogP) is 0.705. The van der Waals surface area contributed by atoms with Gasteiger partial charge in [0.25, 0.3) is 0 Å². The lowest BCUT2D eigenvalue weighted by atomic mass is 10.1. The summed E-state index contributed by atoms with van der Waals surface area (Å²) in [4.78, 5) is 11.4. The fourth-order valence-electron chi connectivity index (χ4n) is 1.55. The van der Waals surface area contributed by atoms with Crippen LogP contribution in [0, 0.1) is 0 Å². The molecule has 0 aromatic carbocycles. The van der Waals surface area contributed by atoms with Crippen LogP contribution in [0.1, 0.15) is 32.6 Å². The van der Waals surface area contributed by atoms with Gasteiger partial charge in [-0.05, 0) is 19.4 Å². The Morgan fingerprint density at radius 3 is 2.59 bits per heavy atom. The van der Waals surface area contributed by atoms with Crippen molar-refractivity contribution < 1.29 is 19.4 Å². The fourth-order valence-corrected chi connectivity index (χ4v) is 1.55. The summed E-state index contributed by atoms with van der Waals surface area (Å²) in [7, 11) is 2.94. The maximum absolute atomic E-state index is 11.4. The van der Waals surface area contributed by atoms with Gasteiger partial charge < -0.3 is 19.9 Å². The molecule has 0 saturated carbocycles. The van der Waals surface area contributed by atoms with Crippen LogP contribution in [0.5, 0.6) is 0 Å². The van der Waals surface area contributed by atoms with Crippen molar-refractivity contribution in [3.8, 4) is 0 Å². The second-order valence-electron chi connectivity index (χ2n) is 4.07. The molecule has 17 heavy (non-hydrogen) atoms. The van der Waals surface area contributed by atoms with Gasteiger partial charge in [0.2, 0.25) is 0 Å². The number of hydrogen-bond acceptors (Lipinski definition) is 5. The molecule has 2 unspecified atom stereocenters. The van der Waals surface area contributed by atoms with Crippen LogP contribution >= 0.6 is 0 Å². The zero-order valence-electron chi connectivity index (χ0n) is 11.1. The molecule has 2 N–H and O–H groups in total. The smallest absolute Gasteiger partial charge is 0.322 e. The summed E-state index contributed by atoms with van der Waals surface area (Å²) in [5.41, 5.74) is 0. The molecule has 5 heteroatoms. The second kappa shape index (κ2) is 10.5. The number of carbonyl (C=O) groups is 1. The van der Waals surface area contributed by atoms with Gasteiger partial charge in [-0.25, -0.2) is 0 Å². The first-order chi connectivity index (χ1) is 8.15. The van der Waals surface area contributed by atoms with E-state index in [4.69, 9.17) is 9.47 Å². The number of ether oxygens (including phenoxy) is 2. The van der Waals surface area contributed by atoms with Crippen LogP contribution in [0.3, 0.4) is 0 Å². The minimum absolute atomic E-state index is 0.236. The van der Waals surface area contributed by atoms with Crippen LogP contribution in [-0.2, 0) is 14.3 Å². The van der Waals surface area contributed by atoms with E-state index in [1.807, 2.05) is 0 Å². The molecule has 0 aliphatic carbocycles. The molecule has 0 amide bonds. The molecule has 0 heterocycles. The topological polar surface area (TPSA) is 67.8 Å². The van der Waals surface area contributed by atoms with Crippen molar-refractivity contribution in [3.05, 3.63) is 0 Å². The van der Waals surface area contributed by atoms with E-state index in [1.165, 1.54) is 7.11 Å². The molecule has 102 valence electrons. The first-order valence-electron chi connectivity index (χ1n) is 6.13. The van der Waals surface area contributed by atoms with Gasteiger partial charge in [-0.1, -0.05) is 19.8 Å². The number of esters is 1. The molecule has 0 bridgehead atoms. The van der Waals surface area contributed by atoms with Gasteiger partial charge in [-0.2, -0.15) is 0 Å². The highest BCUT2D eigenvalue weighted by Gasteiger charge is 2.17. The van der Waals surface area contributed by atoms with Crippen molar-refractivity contribution in [3.63, 3.8) is 0 Å². The molecule has 0 fully saturated rings. The van der Waals surface area contributed by atoms with Gasteiger partial charge in [0.05, 0.1) is 19.8 Å². The molecule has 0 aliphatic heterocycles. The van der Waals surface area contributed by atoms with E-state index in [2.05, 4.69) is 12.2 Å². The summed E-state index contributed by atoms with van der Waals surface area (Å²) in [5, 5.41) is 12.6. The summed E-state index contributed by atoms with van der Waals surface area (Å²) in [6, 6.07) is -0.269. The largest absolute Gasteiger partial charge is 0.468 e. The van der Waals surface area contributed by atoms with E-state index >= 15 is 0 Å². The number of unbranched alkanes of at least 4 members (excludes halogenated alkanes) is 1. The van der Waals surface area contributed by atoms with Crippen molar-refractivity contribution in [2.24, 2.45) is 0 Å². The Labute approximate surface area is 103 Å². The highest BCUT2D eigenvalue weighted by Crippen LogP contribution is 2.03. The second-order valence-corrected chi connectivity index (χ2v) is 4.07. The third kappa shape index (κ3) is 8.12. The molecule has 0 aromatic rings. The fraction of sp³-hybridized carbons (Fsp3) is 0.917. The average Bonchev–Trinajstić information content (AvgIpc) is 2.32. The van der Waals surface area contributed by atoms with Crippen LogP contribution < -0.4 is 5.32 Å². The van der Waals surface area contributed by atoms with Crippen molar-refractivity contribution in [2.75, 3.05) is 27.4 Å². The Hall–Kier alpha value is -0.650. The van der Waals surface area contributed by atoms with Crippen molar-refractivity contribution in [1.82, 2.24) is 5.32 Å². The molecule has 0 spiro atoms. The Morgan fingerprint density at radius 2 is 2.06 bits per heavy atom. The Morgan fingerprint density at radius 1 is 1.35 bits per heavy atom. The first-order valence-corrected chi connectivity index (χ1v) is 6.13. The van der Waals surface area contributed by atoms with Gasteiger partial charge in [-0.3, -0.25) is 4.79 Å². The number of hydrogen-bond donors (Lipinski definition) is 2. The molecular weight excluding hydrogens is 222 g/mol. The zero-order valence-corrected chi connectivity index (χ0v) is 11.1. The van der Waals surface area contributed by atoms with Gasteiger partial charge >= 0.3 is 5.97 Å². The third-order valence-corrected chi connectivity index (χ3v) is 2.56. The lowest BCUT2D eigenvalue weighted by molar-refractivity contribution is -0.143. The van der Waals surface area contributed by atoms with Gasteiger partial charge in [-0.15, -0.1) is 0 Å². The van der Waals surface area contributed by atoms with Crippen LogP contribution in [-0.4, -0.2) is 50.6 Å². The van der Waals surface area contributed by atoms with Crippen LogP contribution in [0.2, 0.25) is 0 Å². The monoisotopic (exact) mass is 247 g/mol. The average molecular weight is 247 g/mol. The SMILES string of the molecule is CCCCC(NCCC(O)COC)C(=O)OC. The highest BCUT2D eigenvalue weighted by molar-refractivity contribution is 5.75. The number of nitrogens with one attached hydrogen (secondary N) is 1. The summed E-state index contributed by atoms with van der Waals surface area (Å²) >= 11 is 0. The molecule has 0 rings (SSSR count). The van der Waals surface area contributed by atoms with E-state index in [1.54, 1.807) is 7.11 Å². The quantitative estimate of drug-likeness (QED) is 0.556.